The number of nitrogens with one attached hydrogen (secondary N) is 3. The second-order valence-corrected chi connectivity index (χ2v) is 5.90. The van der Waals surface area contributed by atoms with Gasteiger partial charge in [-0.3, -0.25) is 0 Å². The lowest BCUT2D eigenvalue weighted by atomic mass is 9.95. The summed E-state index contributed by atoms with van der Waals surface area (Å²) in [5.74, 6) is 0.972. The molecule has 6 nitrogen and oxygen atoms in total. The maximum absolute atomic E-state index is 4.29. The Balaban J connectivity index is 1.78. The number of aromatic nitrogens is 3. The molecule has 3 N–H and O–H groups in total. The molecule has 0 unspecified atom stereocenters. The van der Waals surface area contributed by atoms with Crippen molar-refractivity contribution in [1.29, 1.82) is 0 Å². The van der Waals surface area contributed by atoms with Crippen molar-refractivity contribution in [3.05, 3.63) is 16.3 Å². The van der Waals surface area contributed by atoms with Crippen molar-refractivity contribution in [2.45, 2.75) is 51.0 Å². The van der Waals surface area contributed by atoms with E-state index >= 15 is 0 Å². The lowest BCUT2D eigenvalue weighted by Crippen LogP contribution is -2.47. The van der Waals surface area contributed by atoms with Gasteiger partial charge in [0.1, 0.15) is 11.2 Å². The normalized spacial score (nSPS) is 22.2. The molecular weight excluding hydrogens is 252 g/mol. The van der Waals surface area contributed by atoms with Crippen molar-refractivity contribution in [1.82, 2.24) is 31.6 Å². The third-order valence-electron chi connectivity index (χ3n) is 4.56. The minimum Gasteiger partial charge on any atom is -0.366 e. The van der Waals surface area contributed by atoms with Crippen LogP contribution in [0.3, 0.4) is 0 Å². The van der Waals surface area contributed by atoms with Crippen LogP contribution in [-0.4, -0.2) is 28.0 Å². The van der Waals surface area contributed by atoms with Crippen LogP contribution >= 0.6 is 0 Å². The zero-order chi connectivity index (χ0) is 13.4. The van der Waals surface area contributed by atoms with Crippen molar-refractivity contribution >= 4 is 11.4 Å². The van der Waals surface area contributed by atoms with Crippen LogP contribution < -0.4 is 26.7 Å². The monoisotopic (exact) mass is 272 g/mol. The quantitative estimate of drug-likeness (QED) is 0.645. The third kappa shape index (κ3) is 2.04. The molecule has 1 aliphatic heterocycles. The van der Waals surface area contributed by atoms with E-state index in [2.05, 4.69) is 31.6 Å². The number of aryl methyl sites for hydroxylation is 1. The van der Waals surface area contributed by atoms with E-state index in [0.717, 1.165) is 36.3 Å². The molecule has 2 aliphatic carbocycles. The first kappa shape index (κ1) is 12.1. The molecule has 0 saturated heterocycles. The molecule has 0 aromatic carbocycles. The van der Waals surface area contributed by atoms with Gasteiger partial charge in [0, 0.05) is 17.8 Å². The summed E-state index contributed by atoms with van der Waals surface area (Å²) in [7, 11) is 0. The molecule has 1 fully saturated rings. The number of hydrazine groups is 1. The average Bonchev–Trinajstić information content (AvgIpc) is 2.82. The van der Waals surface area contributed by atoms with Gasteiger partial charge in [-0.15, -0.1) is 10.2 Å². The van der Waals surface area contributed by atoms with Crippen LogP contribution in [0.2, 0.25) is 0 Å². The first-order valence-corrected chi connectivity index (χ1v) is 7.62. The standard InChI is InChI=1S/C14H20N6/c1-2-4-10(5-3-1)16-14-13-12-9(8-15-19-14)6-7-11(12)17-20-18-13/h10,15-16,19H,1-8H2. The second kappa shape index (κ2) is 5.01. The van der Waals surface area contributed by atoms with Gasteiger partial charge in [0.2, 0.25) is 0 Å². The first-order chi connectivity index (χ1) is 9.92. The molecule has 0 atom stereocenters. The minimum atomic E-state index is 0.543. The molecule has 106 valence electrons. The zero-order valence-electron chi connectivity index (χ0n) is 11.6. The van der Waals surface area contributed by atoms with Crippen molar-refractivity contribution < 1.29 is 0 Å². The van der Waals surface area contributed by atoms with E-state index in [1.165, 1.54) is 42.9 Å². The molecule has 3 aliphatic rings. The highest BCUT2D eigenvalue weighted by molar-refractivity contribution is 5.55. The van der Waals surface area contributed by atoms with Gasteiger partial charge in [-0.1, -0.05) is 19.3 Å². The van der Waals surface area contributed by atoms with Crippen molar-refractivity contribution in [2.24, 2.45) is 0 Å². The van der Waals surface area contributed by atoms with E-state index in [4.69, 9.17) is 0 Å². The summed E-state index contributed by atoms with van der Waals surface area (Å²) in [4.78, 5) is 0. The van der Waals surface area contributed by atoms with E-state index in [-0.39, 0.29) is 0 Å². The third-order valence-corrected chi connectivity index (χ3v) is 4.56. The van der Waals surface area contributed by atoms with Gasteiger partial charge in [0.15, 0.2) is 0 Å². The lowest BCUT2D eigenvalue weighted by Gasteiger charge is -2.25. The van der Waals surface area contributed by atoms with E-state index < -0.39 is 0 Å². The molecule has 1 saturated carbocycles. The fraction of sp³-hybridized carbons (Fsp3) is 0.643. The Morgan fingerprint density at radius 1 is 1.05 bits per heavy atom. The molecule has 0 radical (unpaired) electrons. The molecule has 6 heteroatoms. The highest BCUT2D eigenvalue weighted by atomic mass is 15.4. The predicted octanol–water partition coefficient (Wildman–Crippen LogP) is -0.936. The molecule has 4 rings (SSSR count). The van der Waals surface area contributed by atoms with Gasteiger partial charge in [-0.25, -0.2) is 5.43 Å². The van der Waals surface area contributed by atoms with Crippen LogP contribution in [0, 0.1) is 0 Å². The van der Waals surface area contributed by atoms with Gasteiger partial charge in [0.25, 0.3) is 0 Å². The SMILES string of the molecule is C1CCC(NC2=c3nnnc4c3=C(CC4)CNN2)CC1. The van der Waals surface area contributed by atoms with Crippen molar-refractivity contribution in [3.8, 4) is 0 Å². The molecule has 0 bridgehead atoms. The van der Waals surface area contributed by atoms with Crippen LogP contribution in [0.1, 0.15) is 44.2 Å². The van der Waals surface area contributed by atoms with E-state index in [1.54, 1.807) is 0 Å². The largest absolute Gasteiger partial charge is 0.366 e. The van der Waals surface area contributed by atoms with Gasteiger partial charge in [-0.2, -0.15) is 0 Å². The Morgan fingerprint density at radius 3 is 2.85 bits per heavy atom. The number of nitrogens with zero attached hydrogens (tertiary/aromatic N) is 3. The lowest BCUT2D eigenvalue weighted by molar-refractivity contribution is 0.400. The van der Waals surface area contributed by atoms with Crippen LogP contribution in [0.4, 0.5) is 0 Å². The topological polar surface area (TPSA) is 74.8 Å². The van der Waals surface area contributed by atoms with Gasteiger partial charge >= 0.3 is 0 Å². The Kier molecular flexibility index (Phi) is 3.03. The summed E-state index contributed by atoms with van der Waals surface area (Å²) in [6.45, 7) is 0.850. The fourth-order valence-electron chi connectivity index (χ4n) is 3.50. The summed E-state index contributed by atoms with van der Waals surface area (Å²) in [6.07, 6.45) is 8.53. The number of hydrogen-bond donors (Lipinski definition) is 3. The predicted molar refractivity (Wildman–Crippen MR) is 75.4 cm³/mol. The average molecular weight is 272 g/mol. The summed E-state index contributed by atoms with van der Waals surface area (Å²) in [5.41, 5.74) is 9.06. The fourth-order valence-corrected chi connectivity index (χ4v) is 3.50. The number of hydrogen-bond acceptors (Lipinski definition) is 6. The summed E-state index contributed by atoms with van der Waals surface area (Å²) in [6, 6.07) is 0.543. The smallest absolute Gasteiger partial charge is 0.142 e. The molecule has 0 spiro atoms. The van der Waals surface area contributed by atoms with Crippen LogP contribution in [0.15, 0.2) is 0 Å². The second-order valence-electron chi connectivity index (χ2n) is 5.90. The summed E-state index contributed by atoms with van der Waals surface area (Å²) < 4.78 is 0. The van der Waals surface area contributed by atoms with E-state index in [1.807, 2.05) is 0 Å². The highest BCUT2D eigenvalue weighted by Crippen LogP contribution is 2.18. The molecular formula is C14H20N6. The van der Waals surface area contributed by atoms with Gasteiger partial charge in [0.05, 0.1) is 5.69 Å². The van der Waals surface area contributed by atoms with Crippen LogP contribution in [0.5, 0.6) is 0 Å². The molecule has 0 amide bonds. The van der Waals surface area contributed by atoms with Gasteiger partial charge in [-0.05, 0) is 36.5 Å². The maximum Gasteiger partial charge on any atom is 0.142 e. The molecule has 1 aromatic rings. The first-order valence-electron chi connectivity index (χ1n) is 7.62. The Morgan fingerprint density at radius 2 is 1.95 bits per heavy atom. The maximum atomic E-state index is 4.29. The summed E-state index contributed by atoms with van der Waals surface area (Å²) in [5, 5.41) is 18.2. The van der Waals surface area contributed by atoms with Crippen molar-refractivity contribution in [3.63, 3.8) is 0 Å². The highest BCUT2D eigenvalue weighted by Gasteiger charge is 2.21. The van der Waals surface area contributed by atoms with E-state index in [0.29, 0.717) is 6.04 Å². The van der Waals surface area contributed by atoms with Gasteiger partial charge < -0.3 is 10.7 Å². The summed E-state index contributed by atoms with van der Waals surface area (Å²) >= 11 is 0. The van der Waals surface area contributed by atoms with Crippen LogP contribution in [0.25, 0.3) is 11.4 Å². The minimum absolute atomic E-state index is 0.543. The Labute approximate surface area is 117 Å². The Bertz CT molecular complexity index is 632. The molecule has 2 heterocycles. The zero-order valence-corrected chi connectivity index (χ0v) is 11.6. The molecule has 20 heavy (non-hydrogen) atoms. The number of rotatable bonds is 2. The van der Waals surface area contributed by atoms with E-state index in [9.17, 15) is 0 Å². The Hall–Kier alpha value is -1.69. The molecule has 1 aromatic heterocycles. The van der Waals surface area contributed by atoms with Crippen molar-refractivity contribution in [2.75, 3.05) is 6.54 Å². The van der Waals surface area contributed by atoms with Crippen LogP contribution in [-0.2, 0) is 6.42 Å².